The van der Waals surface area contributed by atoms with Gasteiger partial charge in [0.2, 0.25) is 10.0 Å². The van der Waals surface area contributed by atoms with E-state index in [1.807, 2.05) is 0 Å². The third-order valence-corrected chi connectivity index (χ3v) is 3.97. The first-order chi connectivity index (χ1) is 8.35. The standard InChI is InChI=1S/C10H14F2N2O3S/c1-7(6-13)18(15,16)14-8-2-4-9(5-3-8)17-10(11)12/h2-5,7,10,14H,6,13H2,1H3. The molecule has 18 heavy (non-hydrogen) atoms. The highest BCUT2D eigenvalue weighted by atomic mass is 32.2. The Bertz CT molecular complexity index is 476. The molecule has 1 rings (SSSR count). The zero-order valence-corrected chi connectivity index (χ0v) is 10.5. The lowest BCUT2D eigenvalue weighted by Crippen LogP contribution is -2.31. The summed E-state index contributed by atoms with van der Waals surface area (Å²) in [6.45, 7) is -1.46. The molecule has 0 heterocycles. The number of ether oxygens (including phenoxy) is 1. The number of nitrogens with one attached hydrogen (secondary N) is 1. The fourth-order valence-corrected chi connectivity index (χ4v) is 2.02. The Kier molecular flexibility index (Phi) is 4.85. The lowest BCUT2D eigenvalue weighted by Gasteiger charge is -2.13. The predicted octanol–water partition coefficient (Wildman–Crippen LogP) is 1.38. The number of rotatable bonds is 6. The van der Waals surface area contributed by atoms with Gasteiger partial charge in [-0.3, -0.25) is 4.72 Å². The van der Waals surface area contributed by atoms with Crippen LogP contribution < -0.4 is 15.2 Å². The van der Waals surface area contributed by atoms with Gasteiger partial charge >= 0.3 is 6.61 Å². The van der Waals surface area contributed by atoms with Crippen LogP contribution in [0.25, 0.3) is 0 Å². The van der Waals surface area contributed by atoms with E-state index in [0.717, 1.165) is 0 Å². The van der Waals surface area contributed by atoms with Crippen LogP contribution in [0.2, 0.25) is 0 Å². The predicted molar refractivity (Wildman–Crippen MR) is 64.1 cm³/mol. The number of halogens is 2. The highest BCUT2D eigenvalue weighted by molar-refractivity contribution is 7.93. The first-order valence-corrected chi connectivity index (χ1v) is 6.66. The number of sulfonamides is 1. The van der Waals surface area contributed by atoms with E-state index in [2.05, 4.69) is 9.46 Å². The van der Waals surface area contributed by atoms with E-state index in [1.165, 1.54) is 31.2 Å². The number of nitrogens with two attached hydrogens (primary N) is 1. The Morgan fingerprint density at radius 2 is 1.89 bits per heavy atom. The van der Waals surface area contributed by atoms with E-state index >= 15 is 0 Å². The number of hydrogen-bond donors (Lipinski definition) is 2. The number of alkyl halides is 2. The molecule has 1 aromatic rings. The van der Waals surface area contributed by atoms with Gasteiger partial charge in [0, 0.05) is 12.2 Å². The lowest BCUT2D eigenvalue weighted by atomic mass is 10.3. The molecule has 8 heteroatoms. The van der Waals surface area contributed by atoms with Crippen molar-refractivity contribution in [2.24, 2.45) is 5.73 Å². The molecule has 0 bridgehead atoms. The van der Waals surface area contributed by atoms with Crippen molar-refractivity contribution >= 4 is 15.7 Å². The van der Waals surface area contributed by atoms with Crippen molar-refractivity contribution in [1.29, 1.82) is 0 Å². The van der Waals surface area contributed by atoms with E-state index in [-0.39, 0.29) is 18.0 Å². The van der Waals surface area contributed by atoms with Gasteiger partial charge in [-0.05, 0) is 31.2 Å². The van der Waals surface area contributed by atoms with Crippen LogP contribution in [0.15, 0.2) is 24.3 Å². The van der Waals surface area contributed by atoms with Gasteiger partial charge in [-0.25, -0.2) is 8.42 Å². The maximum Gasteiger partial charge on any atom is 0.387 e. The van der Waals surface area contributed by atoms with Crippen LogP contribution in [0.1, 0.15) is 6.92 Å². The highest BCUT2D eigenvalue weighted by Crippen LogP contribution is 2.19. The van der Waals surface area contributed by atoms with Crippen molar-refractivity contribution in [1.82, 2.24) is 0 Å². The summed E-state index contributed by atoms with van der Waals surface area (Å²) in [5.41, 5.74) is 5.53. The number of benzene rings is 1. The van der Waals surface area contributed by atoms with Crippen molar-refractivity contribution in [3.05, 3.63) is 24.3 Å². The SMILES string of the molecule is CC(CN)S(=O)(=O)Nc1ccc(OC(F)F)cc1. The average Bonchev–Trinajstić information content (AvgIpc) is 2.29. The van der Waals surface area contributed by atoms with Gasteiger partial charge in [-0.1, -0.05) is 0 Å². The lowest BCUT2D eigenvalue weighted by molar-refractivity contribution is -0.0498. The normalized spacial score (nSPS) is 13.4. The molecule has 0 spiro atoms. The van der Waals surface area contributed by atoms with Crippen LogP contribution in [0.3, 0.4) is 0 Å². The molecule has 0 aliphatic heterocycles. The fourth-order valence-electron chi connectivity index (χ4n) is 1.10. The molecule has 0 saturated heterocycles. The Labute approximate surface area is 104 Å². The summed E-state index contributed by atoms with van der Waals surface area (Å²) in [6.07, 6.45) is 0. The number of hydrogen-bond acceptors (Lipinski definition) is 4. The van der Waals surface area contributed by atoms with Crippen LogP contribution in [-0.4, -0.2) is 26.8 Å². The second kappa shape index (κ2) is 5.96. The molecule has 0 amide bonds. The van der Waals surface area contributed by atoms with Crippen LogP contribution in [0, 0.1) is 0 Å². The van der Waals surface area contributed by atoms with Gasteiger partial charge < -0.3 is 10.5 Å². The minimum Gasteiger partial charge on any atom is -0.435 e. The quantitative estimate of drug-likeness (QED) is 0.824. The third-order valence-electron chi connectivity index (χ3n) is 2.20. The average molecular weight is 280 g/mol. The van der Waals surface area contributed by atoms with E-state index in [4.69, 9.17) is 5.73 Å². The maximum absolute atomic E-state index is 11.9. The van der Waals surface area contributed by atoms with Gasteiger partial charge in [-0.2, -0.15) is 8.78 Å². The first kappa shape index (κ1) is 14.7. The largest absolute Gasteiger partial charge is 0.435 e. The van der Waals surface area contributed by atoms with Gasteiger partial charge in [0.25, 0.3) is 0 Å². The summed E-state index contributed by atoms with van der Waals surface area (Å²) in [4.78, 5) is 0. The summed E-state index contributed by atoms with van der Waals surface area (Å²) >= 11 is 0. The zero-order chi connectivity index (χ0) is 13.8. The van der Waals surface area contributed by atoms with Gasteiger partial charge in [0.15, 0.2) is 0 Å². The van der Waals surface area contributed by atoms with E-state index in [9.17, 15) is 17.2 Å². The van der Waals surface area contributed by atoms with Crippen molar-refractivity contribution in [3.8, 4) is 5.75 Å². The minimum absolute atomic E-state index is 0.0120. The van der Waals surface area contributed by atoms with Crippen LogP contribution in [0.4, 0.5) is 14.5 Å². The van der Waals surface area contributed by atoms with Gasteiger partial charge in [0.1, 0.15) is 5.75 Å². The van der Waals surface area contributed by atoms with Crippen molar-refractivity contribution in [3.63, 3.8) is 0 Å². The van der Waals surface area contributed by atoms with E-state index in [0.29, 0.717) is 0 Å². The molecule has 5 nitrogen and oxygen atoms in total. The Hall–Kier alpha value is -1.41. The molecule has 0 saturated carbocycles. The second-order valence-corrected chi connectivity index (χ2v) is 5.70. The smallest absolute Gasteiger partial charge is 0.387 e. The molecular formula is C10H14F2N2O3S. The fraction of sp³-hybridized carbons (Fsp3) is 0.400. The van der Waals surface area contributed by atoms with Crippen molar-refractivity contribution in [2.75, 3.05) is 11.3 Å². The van der Waals surface area contributed by atoms with Crippen LogP contribution >= 0.6 is 0 Å². The van der Waals surface area contributed by atoms with Gasteiger partial charge in [0.05, 0.1) is 5.25 Å². The summed E-state index contributed by atoms with van der Waals surface area (Å²) in [5.74, 6) is -0.0418. The van der Waals surface area contributed by atoms with Crippen molar-refractivity contribution in [2.45, 2.75) is 18.8 Å². The molecule has 1 aromatic carbocycles. The molecule has 0 aliphatic carbocycles. The topological polar surface area (TPSA) is 81.4 Å². The monoisotopic (exact) mass is 280 g/mol. The Balaban J connectivity index is 2.75. The molecule has 0 aromatic heterocycles. The summed E-state index contributed by atoms with van der Waals surface area (Å²) in [5, 5.41) is -0.741. The molecule has 102 valence electrons. The zero-order valence-electron chi connectivity index (χ0n) is 9.64. The van der Waals surface area contributed by atoms with E-state index < -0.39 is 21.9 Å². The van der Waals surface area contributed by atoms with E-state index in [1.54, 1.807) is 0 Å². The second-order valence-electron chi connectivity index (χ2n) is 3.60. The molecule has 1 unspecified atom stereocenters. The molecule has 1 atom stereocenters. The highest BCUT2D eigenvalue weighted by Gasteiger charge is 2.18. The van der Waals surface area contributed by atoms with Crippen molar-refractivity contribution < 1.29 is 21.9 Å². The molecular weight excluding hydrogens is 266 g/mol. The summed E-state index contributed by atoms with van der Waals surface area (Å²) < 4.78 is 53.5. The first-order valence-electron chi connectivity index (χ1n) is 5.11. The van der Waals surface area contributed by atoms with Crippen LogP contribution in [-0.2, 0) is 10.0 Å². The third kappa shape index (κ3) is 4.11. The molecule has 0 aliphatic rings. The summed E-state index contributed by atoms with van der Waals surface area (Å²) in [6, 6.07) is 5.16. The van der Waals surface area contributed by atoms with Gasteiger partial charge in [-0.15, -0.1) is 0 Å². The number of anilines is 1. The Morgan fingerprint density at radius 3 is 2.33 bits per heavy atom. The Morgan fingerprint density at radius 1 is 1.33 bits per heavy atom. The molecule has 0 radical (unpaired) electrons. The molecule has 0 fully saturated rings. The maximum atomic E-state index is 11.9. The summed E-state index contributed by atoms with van der Waals surface area (Å²) in [7, 11) is -3.56. The minimum atomic E-state index is -3.56. The van der Waals surface area contributed by atoms with Crippen LogP contribution in [0.5, 0.6) is 5.75 Å². The molecule has 3 N–H and O–H groups in total.